The van der Waals surface area contributed by atoms with Crippen LogP contribution >= 0.6 is 0 Å². The fraction of sp³-hybridized carbons (Fsp3) is 0.538. The second-order valence-electron chi connectivity index (χ2n) is 9.83. The molecule has 1 aromatic carbocycles. The van der Waals surface area contributed by atoms with Crippen LogP contribution in [0.5, 0.6) is 0 Å². The first-order valence-electron chi connectivity index (χ1n) is 12.4. The molecule has 1 fully saturated rings. The molecular formula is C26H36N6O3. The number of aromatic nitrogens is 2. The molecule has 2 aromatic rings. The Kier molecular flexibility index (Phi) is 8.30. The topological polar surface area (TPSA) is 111 Å². The fourth-order valence-electron chi connectivity index (χ4n) is 4.99. The summed E-state index contributed by atoms with van der Waals surface area (Å²) >= 11 is 0. The molecule has 188 valence electrons. The smallest absolute Gasteiger partial charge is 0.270 e. The van der Waals surface area contributed by atoms with E-state index >= 15 is 0 Å². The first-order valence-corrected chi connectivity index (χ1v) is 12.4. The van der Waals surface area contributed by atoms with Crippen molar-refractivity contribution < 1.29 is 14.7 Å². The second-order valence-corrected chi connectivity index (χ2v) is 9.83. The molecule has 4 rings (SSSR count). The lowest BCUT2D eigenvalue weighted by Crippen LogP contribution is -2.42. The number of β-amino-alcohol motifs (C(OH)–C–C–N with tert-alkyl or cyclic N) is 1. The molecule has 1 aliphatic carbocycles. The SMILES string of the molecule is CN(C)C(=O)[C@H]1CC[C@@H](Nc2cc(C(=O)NCC(O)CN3CCc4ccccc4C3)ncn2)CC1. The second kappa shape index (κ2) is 11.6. The summed E-state index contributed by atoms with van der Waals surface area (Å²) in [4.78, 5) is 37.0. The number of aliphatic hydroxyl groups is 1. The van der Waals surface area contributed by atoms with E-state index in [4.69, 9.17) is 0 Å². The average molecular weight is 481 g/mol. The minimum absolute atomic E-state index is 0.0842. The van der Waals surface area contributed by atoms with Gasteiger partial charge in [0, 0.05) is 58.3 Å². The Labute approximate surface area is 206 Å². The van der Waals surface area contributed by atoms with Gasteiger partial charge in [-0.15, -0.1) is 0 Å². The molecule has 2 amide bonds. The highest BCUT2D eigenvalue weighted by Crippen LogP contribution is 2.27. The van der Waals surface area contributed by atoms with Gasteiger partial charge in [0.25, 0.3) is 5.91 Å². The van der Waals surface area contributed by atoms with Crippen molar-refractivity contribution in [3.63, 3.8) is 0 Å². The van der Waals surface area contributed by atoms with E-state index in [1.165, 1.54) is 17.5 Å². The van der Waals surface area contributed by atoms with Gasteiger partial charge in [-0.25, -0.2) is 9.97 Å². The van der Waals surface area contributed by atoms with Gasteiger partial charge in [0.1, 0.15) is 17.8 Å². The zero-order valence-electron chi connectivity index (χ0n) is 20.6. The van der Waals surface area contributed by atoms with Gasteiger partial charge in [-0.3, -0.25) is 14.5 Å². The number of hydrogen-bond acceptors (Lipinski definition) is 7. The Morgan fingerprint density at radius 2 is 1.89 bits per heavy atom. The fourth-order valence-corrected chi connectivity index (χ4v) is 4.99. The molecule has 1 atom stereocenters. The van der Waals surface area contributed by atoms with E-state index in [9.17, 15) is 14.7 Å². The molecule has 0 radical (unpaired) electrons. The highest BCUT2D eigenvalue weighted by atomic mass is 16.3. The summed E-state index contributed by atoms with van der Waals surface area (Å²) in [5, 5.41) is 16.7. The van der Waals surface area contributed by atoms with Gasteiger partial charge in [-0.05, 0) is 43.2 Å². The lowest BCUT2D eigenvalue weighted by molar-refractivity contribution is -0.133. The van der Waals surface area contributed by atoms with Crippen molar-refractivity contribution in [2.45, 2.75) is 50.8 Å². The third-order valence-electron chi connectivity index (χ3n) is 6.95. The van der Waals surface area contributed by atoms with Crippen LogP contribution in [0, 0.1) is 5.92 Å². The van der Waals surface area contributed by atoms with Crippen LogP contribution in [0.3, 0.4) is 0 Å². The Bertz CT molecular complexity index is 1020. The largest absolute Gasteiger partial charge is 0.390 e. The summed E-state index contributed by atoms with van der Waals surface area (Å²) in [5.41, 5.74) is 2.93. The number of nitrogens with one attached hydrogen (secondary N) is 2. The van der Waals surface area contributed by atoms with Crippen LogP contribution in [0.15, 0.2) is 36.7 Å². The molecule has 3 N–H and O–H groups in total. The normalized spacial score (nSPS) is 21.0. The van der Waals surface area contributed by atoms with Crippen LogP contribution in [-0.2, 0) is 17.8 Å². The van der Waals surface area contributed by atoms with Crippen molar-refractivity contribution in [3.05, 3.63) is 53.5 Å². The summed E-state index contributed by atoms with van der Waals surface area (Å²) in [6, 6.07) is 10.2. The summed E-state index contributed by atoms with van der Waals surface area (Å²) in [6.07, 6.45) is 5.12. The Morgan fingerprint density at radius 1 is 1.14 bits per heavy atom. The predicted molar refractivity (Wildman–Crippen MR) is 134 cm³/mol. The molecule has 2 aliphatic rings. The van der Waals surface area contributed by atoms with E-state index in [1.807, 2.05) is 6.07 Å². The number of rotatable bonds is 8. The van der Waals surface area contributed by atoms with Crippen molar-refractivity contribution in [2.75, 3.05) is 39.0 Å². The van der Waals surface area contributed by atoms with E-state index in [0.717, 1.165) is 45.2 Å². The zero-order chi connectivity index (χ0) is 24.8. The number of nitrogens with zero attached hydrogens (tertiary/aromatic N) is 4. The van der Waals surface area contributed by atoms with Gasteiger partial charge in [0.05, 0.1) is 6.10 Å². The molecule has 1 unspecified atom stereocenters. The van der Waals surface area contributed by atoms with Crippen LogP contribution in [-0.4, -0.2) is 82.6 Å². The summed E-state index contributed by atoms with van der Waals surface area (Å²) in [6.45, 7) is 2.37. The molecule has 9 heteroatoms. The van der Waals surface area contributed by atoms with Gasteiger partial charge in [-0.1, -0.05) is 24.3 Å². The molecule has 9 nitrogen and oxygen atoms in total. The first kappa shape index (κ1) is 25.1. The van der Waals surface area contributed by atoms with E-state index in [1.54, 1.807) is 25.1 Å². The van der Waals surface area contributed by atoms with Crippen LogP contribution in [0.1, 0.15) is 47.3 Å². The van der Waals surface area contributed by atoms with Crippen molar-refractivity contribution in [3.8, 4) is 0 Å². The summed E-state index contributed by atoms with van der Waals surface area (Å²) in [7, 11) is 3.60. The number of amides is 2. The molecule has 0 saturated heterocycles. The predicted octanol–water partition coefficient (Wildman–Crippen LogP) is 1.68. The third kappa shape index (κ3) is 6.76. The molecule has 1 saturated carbocycles. The number of fused-ring (bicyclic) bond motifs is 1. The third-order valence-corrected chi connectivity index (χ3v) is 6.95. The van der Waals surface area contributed by atoms with E-state index in [2.05, 4.69) is 43.7 Å². The maximum absolute atomic E-state index is 12.6. The highest BCUT2D eigenvalue weighted by molar-refractivity contribution is 5.92. The summed E-state index contributed by atoms with van der Waals surface area (Å²) in [5.74, 6) is 0.538. The minimum Gasteiger partial charge on any atom is -0.390 e. The monoisotopic (exact) mass is 480 g/mol. The maximum Gasteiger partial charge on any atom is 0.270 e. The molecule has 1 aromatic heterocycles. The van der Waals surface area contributed by atoms with Crippen molar-refractivity contribution in [1.29, 1.82) is 0 Å². The standard InChI is InChI=1S/C26H36N6O3/c1-31(2)26(35)19-7-9-21(10-8-19)30-24-13-23(28-17-29-24)25(34)27-14-22(33)16-32-12-11-18-5-3-4-6-20(18)15-32/h3-6,13,17,19,21-22,33H,7-12,14-16H2,1-2H3,(H,27,34)(H,28,29,30)/t19-,21+,22?. The number of anilines is 1. The first-order chi connectivity index (χ1) is 16.9. The van der Waals surface area contributed by atoms with Crippen molar-refractivity contribution >= 4 is 17.6 Å². The number of hydrogen-bond donors (Lipinski definition) is 3. The number of carbonyl (C=O) groups excluding carboxylic acids is 2. The van der Waals surface area contributed by atoms with Crippen LogP contribution in [0.25, 0.3) is 0 Å². The Hall–Kier alpha value is -3.04. The van der Waals surface area contributed by atoms with Gasteiger partial charge in [0.15, 0.2) is 0 Å². The maximum atomic E-state index is 12.6. The van der Waals surface area contributed by atoms with Crippen LogP contribution in [0.2, 0.25) is 0 Å². The lowest BCUT2D eigenvalue weighted by atomic mass is 9.85. The lowest BCUT2D eigenvalue weighted by Gasteiger charge is -2.30. The highest BCUT2D eigenvalue weighted by Gasteiger charge is 2.27. The van der Waals surface area contributed by atoms with Crippen LogP contribution < -0.4 is 10.6 Å². The molecule has 35 heavy (non-hydrogen) atoms. The van der Waals surface area contributed by atoms with E-state index < -0.39 is 6.10 Å². The Morgan fingerprint density at radius 3 is 2.63 bits per heavy atom. The number of benzene rings is 1. The van der Waals surface area contributed by atoms with Gasteiger partial charge in [0.2, 0.25) is 5.91 Å². The molecular weight excluding hydrogens is 444 g/mol. The number of carbonyl (C=O) groups is 2. The zero-order valence-corrected chi connectivity index (χ0v) is 20.6. The molecule has 0 spiro atoms. The van der Waals surface area contributed by atoms with E-state index in [-0.39, 0.29) is 36.0 Å². The quantitative estimate of drug-likeness (QED) is 0.527. The number of aliphatic hydroxyl groups excluding tert-OH is 1. The van der Waals surface area contributed by atoms with Crippen molar-refractivity contribution in [2.24, 2.45) is 5.92 Å². The minimum atomic E-state index is -0.663. The summed E-state index contributed by atoms with van der Waals surface area (Å²) < 4.78 is 0. The van der Waals surface area contributed by atoms with Gasteiger partial charge in [-0.2, -0.15) is 0 Å². The van der Waals surface area contributed by atoms with Crippen molar-refractivity contribution in [1.82, 2.24) is 25.1 Å². The molecule has 1 aliphatic heterocycles. The van der Waals surface area contributed by atoms with Crippen LogP contribution in [0.4, 0.5) is 5.82 Å². The Balaban J connectivity index is 1.22. The van der Waals surface area contributed by atoms with Gasteiger partial charge < -0.3 is 20.6 Å². The van der Waals surface area contributed by atoms with Gasteiger partial charge >= 0.3 is 0 Å². The molecule has 0 bridgehead atoms. The average Bonchev–Trinajstić information content (AvgIpc) is 2.87. The molecule has 2 heterocycles. The van der Waals surface area contributed by atoms with E-state index in [0.29, 0.717) is 12.4 Å².